The average Bonchev–Trinajstić information content (AvgIpc) is 3.43. The molecule has 29 heavy (non-hydrogen) atoms. The molecular formula is C20H20F2N4O2S. The van der Waals surface area contributed by atoms with Crippen LogP contribution in [0.5, 0.6) is 0 Å². The molecule has 1 atom stereocenters. The Bertz CT molecular complexity index is 1070. The van der Waals surface area contributed by atoms with Crippen LogP contribution in [0.25, 0.3) is 10.9 Å². The maximum Gasteiger partial charge on any atom is 0.270 e. The summed E-state index contributed by atoms with van der Waals surface area (Å²) in [5.41, 5.74) is 1.56. The fraction of sp³-hybridized carbons (Fsp3) is 0.400. The number of thiazole rings is 1. The predicted octanol–water partition coefficient (Wildman–Crippen LogP) is 3.55. The highest BCUT2D eigenvalue weighted by atomic mass is 32.1. The van der Waals surface area contributed by atoms with Crippen molar-refractivity contribution < 1.29 is 18.3 Å². The first-order valence-electron chi connectivity index (χ1n) is 9.64. The maximum absolute atomic E-state index is 13.9. The molecular weight excluding hydrogens is 398 g/mol. The topological polar surface area (TPSA) is 70.2 Å². The Kier molecular flexibility index (Phi) is 4.71. The molecule has 1 amide bonds. The lowest BCUT2D eigenvalue weighted by Gasteiger charge is -2.25. The summed E-state index contributed by atoms with van der Waals surface area (Å²) in [4.78, 5) is 23.2. The van der Waals surface area contributed by atoms with Crippen molar-refractivity contribution in [2.75, 3.05) is 31.6 Å². The van der Waals surface area contributed by atoms with Gasteiger partial charge in [-0.2, -0.15) is 0 Å². The number of halogens is 2. The molecule has 1 fully saturated rings. The zero-order valence-corrected chi connectivity index (χ0v) is 16.5. The van der Waals surface area contributed by atoms with Crippen LogP contribution < -0.4 is 5.32 Å². The number of amides is 1. The summed E-state index contributed by atoms with van der Waals surface area (Å²) in [5.74, 6) is -1.06. The molecule has 4 heterocycles. The Morgan fingerprint density at radius 1 is 1.38 bits per heavy atom. The second-order valence-electron chi connectivity index (χ2n) is 7.51. The van der Waals surface area contributed by atoms with Gasteiger partial charge in [0.2, 0.25) is 0 Å². The van der Waals surface area contributed by atoms with E-state index in [1.807, 2.05) is 0 Å². The van der Waals surface area contributed by atoms with E-state index < -0.39 is 11.6 Å². The first-order valence-corrected chi connectivity index (χ1v) is 10.5. The molecule has 1 aromatic carbocycles. The largest absolute Gasteiger partial charge is 0.381 e. The van der Waals surface area contributed by atoms with Crippen molar-refractivity contribution in [1.29, 1.82) is 0 Å². The Labute approximate surface area is 169 Å². The number of aromatic nitrogens is 2. The number of benzene rings is 1. The van der Waals surface area contributed by atoms with E-state index in [4.69, 9.17) is 4.74 Å². The normalized spacial score (nSPS) is 19.0. The molecule has 9 heteroatoms. The molecule has 2 aromatic heterocycles. The molecule has 0 aliphatic carbocycles. The minimum atomic E-state index is -0.679. The van der Waals surface area contributed by atoms with Crippen LogP contribution in [0.4, 0.5) is 13.9 Å². The summed E-state index contributed by atoms with van der Waals surface area (Å²) in [6, 6.07) is 3.46. The first-order chi connectivity index (χ1) is 14.1. The zero-order valence-electron chi connectivity index (χ0n) is 15.6. The lowest BCUT2D eigenvalue weighted by molar-refractivity contribution is 0.0731. The van der Waals surface area contributed by atoms with E-state index in [9.17, 15) is 13.6 Å². The van der Waals surface area contributed by atoms with E-state index in [0.29, 0.717) is 25.4 Å². The molecule has 2 aliphatic heterocycles. The highest BCUT2D eigenvalue weighted by molar-refractivity contribution is 7.15. The van der Waals surface area contributed by atoms with Crippen molar-refractivity contribution in [3.63, 3.8) is 0 Å². The summed E-state index contributed by atoms with van der Waals surface area (Å²) in [7, 11) is 0. The third-order valence-corrected chi connectivity index (χ3v) is 6.51. The molecule has 2 N–H and O–H groups in total. The molecule has 1 saturated heterocycles. The quantitative estimate of drug-likeness (QED) is 0.680. The molecule has 5 rings (SSSR count). The molecule has 152 valence electrons. The first kappa shape index (κ1) is 18.5. The maximum atomic E-state index is 13.9. The number of nitrogens with one attached hydrogen (secondary N) is 2. The lowest BCUT2D eigenvalue weighted by Crippen LogP contribution is -2.35. The molecule has 6 nitrogen and oxygen atoms in total. The highest BCUT2D eigenvalue weighted by Crippen LogP contribution is 2.30. The molecule has 3 aromatic rings. The number of anilines is 1. The van der Waals surface area contributed by atoms with Gasteiger partial charge in [0.05, 0.1) is 24.4 Å². The van der Waals surface area contributed by atoms with Gasteiger partial charge in [-0.1, -0.05) is 11.3 Å². The summed E-state index contributed by atoms with van der Waals surface area (Å²) in [5, 5.41) is 4.48. The molecule has 1 unspecified atom stereocenters. The van der Waals surface area contributed by atoms with E-state index in [1.54, 1.807) is 16.2 Å². The summed E-state index contributed by atoms with van der Waals surface area (Å²) < 4.78 is 32.8. The number of carbonyl (C=O) groups is 1. The number of ether oxygens (including phenoxy) is 1. The van der Waals surface area contributed by atoms with E-state index >= 15 is 0 Å². The van der Waals surface area contributed by atoms with Gasteiger partial charge in [-0.15, -0.1) is 0 Å². The Hall–Kier alpha value is -2.52. The number of carbonyl (C=O) groups excluding carboxylic acids is 1. The van der Waals surface area contributed by atoms with Crippen molar-refractivity contribution in [2.24, 2.45) is 5.92 Å². The Morgan fingerprint density at radius 3 is 3.10 bits per heavy atom. The minimum Gasteiger partial charge on any atom is -0.381 e. The number of hydrogen-bond acceptors (Lipinski definition) is 5. The second-order valence-corrected chi connectivity index (χ2v) is 8.59. The molecule has 0 bridgehead atoms. The van der Waals surface area contributed by atoms with Crippen LogP contribution in [0, 0.1) is 17.6 Å². The van der Waals surface area contributed by atoms with Gasteiger partial charge in [-0.25, -0.2) is 13.8 Å². The molecule has 0 radical (unpaired) electrons. The summed E-state index contributed by atoms with van der Waals surface area (Å²) >= 11 is 1.57. The van der Waals surface area contributed by atoms with Crippen molar-refractivity contribution in [1.82, 2.24) is 14.9 Å². The lowest BCUT2D eigenvalue weighted by atomic mass is 10.1. The number of aromatic amines is 1. The van der Waals surface area contributed by atoms with Gasteiger partial charge in [0.15, 0.2) is 5.13 Å². The van der Waals surface area contributed by atoms with Crippen LogP contribution in [0.3, 0.4) is 0 Å². The fourth-order valence-corrected chi connectivity index (χ4v) is 4.90. The van der Waals surface area contributed by atoms with Crippen LogP contribution in [0.2, 0.25) is 0 Å². The number of hydrogen-bond donors (Lipinski definition) is 2. The van der Waals surface area contributed by atoms with Crippen molar-refractivity contribution in [3.05, 3.63) is 46.1 Å². The Morgan fingerprint density at radius 2 is 2.28 bits per heavy atom. The summed E-state index contributed by atoms with van der Waals surface area (Å²) in [6.07, 6.45) is 1.74. The average molecular weight is 418 g/mol. The molecule has 0 saturated carbocycles. The number of nitrogens with zero attached hydrogens (tertiary/aromatic N) is 2. The van der Waals surface area contributed by atoms with E-state index in [0.717, 1.165) is 47.9 Å². The number of H-pyrrole nitrogens is 1. The SMILES string of the molecule is O=C(c1cc2c(F)cc(F)cc2[nH]1)N1CCc2nc(NCC3CCOC3)sc2C1. The van der Waals surface area contributed by atoms with Crippen LogP contribution in [-0.4, -0.2) is 47.1 Å². The monoisotopic (exact) mass is 418 g/mol. The van der Waals surface area contributed by atoms with E-state index in [-0.39, 0.29) is 22.5 Å². The third kappa shape index (κ3) is 3.60. The van der Waals surface area contributed by atoms with Crippen LogP contribution in [0.15, 0.2) is 18.2 Å². The highest BCUT2D eigenvalue weighted by Gasteiger charge is 2.26. The zero-order chi connectivity index (χ0) is 20.0. The van der Waals surface area contributed by atoms with Crippen molar-refractivity contribution in [2.45, 2.75) is 19.4 Å². The van der Waals surface area contributed by atoms with Crippen molar-refractivity contribution in [3.8, 4) is 0 Å². The predicted molar refractivity (Wildman–Crippen MR) is 106 cm³/mol. The van der Waals surface area contributed by atoms with E-state index in [1.165, 1.54) is 12.1 Å². The standard InChI is InChI=1S/C20H20F2N4O2S/c21-12-5-14(22)13-7-17(24-16(13)6-12)19(27)26-3-1-15-18(9-26)29-20(25-15)23-8-11-2-4-28-10-11/h5-7,11,24H,1-4,8-10H2,(H,23,25). The summed E-state index contributed by atoms with van der Waals surface area (Å²) in [6.45, 7) is 3.45. The Balaban J connectivity index is 1.30. The molecule has 2 aliphatic rings. The van der Waals surface area contributed by atoms with Gasteiger partial charge in [0.25, 0.3) is 5.91 Å². The van der Waals surface area contributed by atoms with Gasteiger partial charge in [0.1, 0.15) is 17.3 Å². The third-order valence-electron chi connectivity index (χ3n) is 5.47. The van der Waals surface area contributed by atoms with Crippen LogP contribution >= 0.6 is 11.3 Å². The van der Waals surface area contributed by atoms with Gasteiger partial charge < -0.3 is 19.9 Å². The smallest absolute Gasteiger partial charge is 0.270 e. The second kappa shape index (κ2) is 7.38. The van der Waals surface area contributed by atoms with Crippen LogP contribution in [0.1, 0.15) is 27.5 Å². The number of rotatable bonds is 4. The van der Waals surface area contributed by atoms with Gasteiger partial charge in [-0.3, -0.25) is 4.79 Å². The van der Waals surface area contributed by atoms with E-state index in [2.05, 4.69) is 15.3 Å². The van der Waals surface area contributed by atoms with Crippen molar-refractivity contribution >= 4 is 33.3 Å². The molecule has 0 spiro atoms. The van der Waals surface area contributed by atoms with Gasteiger partial charge in [0, 0.05) is 48.4 Å². The minimum absolute atomic E-state index is 0.215. The number of fused-ring (bicyclic) bond motifs is 2. The van der Waals surface area contributed by atoms with Gasteiger partial charge in [-0.05, 0) is 18.6 Å². The van der Waals surface area contributed by atoms with Gasteiger partial charge >= 0.3 is 0 Å². The fourth-order valence-electron chi connectivity index (χ4n) is 3.87. The van der Waals surface area contributed by atoms with Crippen LogP contribution in [-0.2, 0) is 17.7 Å².